The standard InChI is InChI=1S/C19H20ClN5/c1-12-8-13(2)18(16(20)9-12)24-17-10-14(3)23-19(25-17)22-11-15-4-6-21-7-5-15/h4-10H,11H2,1-3H3,(H2,22,23,24,25). The maximum absolute atomic E-state index is 6.38. The molecule has 0 unspecified atom stereocenters. The molecule has 3 aromatic rings. The number of hydrogen-bond acceptors (Lipinski definition) is 5. The van der Waals surface area contributed by atoms with Crippen LogP contribution in [0.25, 0.3) is 0 Å². The molecule has 0 amide bonds. The first-order valence-electron chi connectivity index (χ1n) is 8.03. The lowest BCUT2D eigenvalue weighted by Gasteiger charge is -2.14. The molecule has 0 saturated carbocycles. The highest BCUT2D eigenvalue weighted by atomic mass is 35.5. The smallest absolute Gasteiger partial charge is 0.225 e. The van der Waals surface area contributed by atoms with Gasteiger partial charge < -0.3 is 10.6 Å². The van der Waals surface area contributed by atoms with Gasteiger partial charge in [0.15, 0.2) is 0 Å². The highest BCUT2D eigenvalue weighted by molar-refractivity contribution is 6.33. The van der Waals surface area contributed by atoms with Gasteiger partial charge in [0.1, 0.15) is 5.82 Å². The van der Waals surface area contributed by atoms with Gasteiger partial charge in [-0.3, -0.25) is 4.98 Å². The Balaban J connectivity index is 1.80. The van der Waals surface area contributed by atoms with Crippen molar-refractivity contribution in [1.29, 1.82) is 0 Å². The number of nitrogens with one attached hydrogen (secondary N) is 2. The van der Waals surface area contributed by atoms with Gasteiger partial charge in [0.25, 0.3) is 0 Å². The molecule has 128 valence electrons. The molecule has 0 radical (unpaired) electrons. The summed E-state index contributed by atoms with van der Waals surface area (Å²) in [6, 6.07) is 9.83. The second kappa shape index (κ2) is 7.49. The number of anilines is 3. The number of aromatic nitrogens is 3. The van der Waals surface area contributed by atoms with Crippen LogP contribution in [0, 0.1) is 20.8 Å². The fourth-order valence-electron chi connectivity index (χ4n) is 2.60. The summed E-state index contributed by atoms with van der Waals surface area (Å²) in [6.07, 6.45) is 3.53. The van der Waals surface area contributed by atoms with Crippen LogP contribution in [0.4, 0.5) is 17.5 Å². The van der Waals surface area contributed by atoms with E-state index in [9.17, 15) is 0 Å². The predicted molar refractivity (Wildman–Crippen MR) is 103 cm³/mol. The van der Waals surface area contributed by atoms with Crippen molar-refractivity contribution in [2.24, 2.45) is 0 Å². The van der Waals surface area contributed by atoms with Gasteiger partial charge in [-0.05, 0) is 55.7 Å². The Morgan fingerprint density at radius 1 is 1.00 bits per heavy atom. The van der Waals surface area contributed by atoms with E-state index in [4.69, 9.17) is 11.6 Å². The van der Waals surface area contributed by atoms with E-state index in [-0.39, 0.29) is 0 Å². The number of hydrogen-bond donors (Lipinski definition) is 2. The summed E-state index contributed by atoms with van der Waals surface area (Å²) in [5, 5.41) is 7.24. The monoisotopic (exact) mass is 353 g/mol. The summed E-state index contributed by atoms with van der Waals surface area (Å²) in [5.74, 6) is 1.28. The molecule has 5 nitrogen and oxygen atoms in total. The lowest BCUT2D eigenvalue weighted by molar-refractivity contribution is 1.03. The van der Waals surface area contributed by atoms with Crippen molar-refractivity contribution in [2.45, 2.75) is 27.3 Å². The molecule has 0 atom stereocenters. The zero-order chi connectivity index (χ0) is 17.8. The van der Waals surface area contributed by atoms with Crippen LogP contribution in [0.2, 0.25) is 5.02 Å². The maximum atomic E-state index is 6.38. The molecule has 1 aromatic carbocycles. The van der Waals surface area contributed by atoms with E-state index >= 15 is 0 Å². The van der Waals surface area contributed by atoms with Gasteiger partial charge in [-0.15, -0.1) is 0 Å². The summed E-state index contributed by atoms with van der Waals surface area (Å²) in [7, 11) is 0. The molecule has 0 aliphatic heterocycles. The number of rotatable bonds is 5. The van der Waals surface area contributed by atoms with Crippen molar-refractivity contribution in [2.75, 3.05) is 10.6 Å². The summed E-state index contributed by atoms with van der Waals surface area (Å²) in [5.41, 5.74) is 5.06. The third-order valence-electron chi connectivity index (χ3n) is 3.74. The van der Waals surface area contributed by atoms with Gasteiger partial charge in [-0.2, -0.15) is 4.98 Å². The second-order valence-corrected chi connectivity index (χ2v) is 6.40. The molecule has 6 heteroatoms. The normalized spacial score (nSPS) is 10.6. The van der Waals surface area contributed by atoms with E-state index in [0.717, 1.165) is 28.1 Å². The van der Waals surface area contributed by atoms with Gasteiger partial charge >= 0.3 is 0 Å². The van der Waals surface area contributed by atoms with E-state index in [1.165, 1.54) is 0 Å². The van der Waals surface area contributed by atoms with Gasteiger partial charge in [0.05, 0.1) is 10.7 Å². The molecule has 0 aliphatic rings. The van der Waals surface area contributed by atoms with Crippen LogP contribution in [0.5, 0.6) is 0 Å². The zero-order valence-corrected chi connectivity index (χ0v) is 15.2. The van der Waals surface area contributed by atoms with Crippen molar-refractivity contribution >= 4 is 29.1 Å². The zero-order valence-electron chi connectivity index (χ0n) is 14.5. The van der Waals surface area contributed by atoms with Gasteiger partial charge in [-0.1, -0.05) is 17.7 Å². The predicted octanol–water partition coefficient (Wildman–Crippen LogP) is 4.81. The molecular formula is C19H20ClN5. The lowest BCUT2D eigenvalue weighted by Crippen LogP contribution is -2.07. The number of benzene rings is 1. The van der Waals surface area contributed by atoms with Crippen molar-refractivity contribution in [3.05, 3.63) is 70.1 Å². The molecule has 0 bridgehead atoms. The van der Waals surface area contributed by atoms with E-state index < -0.39 is 0 Å². The Morgan fingerprint density at radius 3 is 2.48 bits per heavy atom. The Labute approximate surface area is 152 Å². The second-order valence-electron chi connectivity index (χ2n) is 5.99. The Hall–Kier alpha value is -2.66. The van der Waals surface area contributed by atoms with Crippen LogP contribution in [0.3, 0.4) is 0 Å². The molecule has 2 N–H and O–H groups in total. The first-order chi connectivity index (χ1) is 12.0. The number of nitrogens with zero attached hydrogens (tertiary/aromatic N) is 3. The fourth-order valence-corrected chi connectivity index (χ4v) is 2.96. The first-order valence-corrected chi connectivity index (χ1v) is 8.41. The summed E-state index contributed by atoms with van der Waals surface area (Å²) < 4.78 is 0. The average molecular weight is 354 g/mol. The number of aryl methyl sites for hydroxylation is 3. The average Bonchev–Trinajstić information content (AvgIpc) is 2.57. The molecule has 2 aromatic heterocycles. The third kappa shape index (κ3) is 4.45. The highest BCUT2D eigenvalue weighted by Gasteiger charge is 2.08. The molecular weight excluding hydrogens is 334 g/mol. The summed E-state index contributed by atoms with van der Waals surface area (Å²) >= 11 is 6.38. The summed E-state index contributed by atoms with van der Waals surface area (Å²) in [4.78, 5) is 13.0. The molecule has 0 spiro atoms. The van der Waals surface area contributed by atoms with Gasteiger partial charge in [0, 0.05) is 30.7 Å². The maximum Gasteiger partial charge on any atom is 0.225 e. The van der Waals surface area contributed by atoms with Crippen molar-refractivity contribution in [1.82, 2.24) is 15.0 Å². The number of halogens is 1. The van der Waals surface area contributed by atoms with Crippen LogP contribution < -0.4 is 10.6 Å². The quantitative estimate of drug-likeness (QED) is 0.689. The molecule has 25 heavy (non-hydrogen) atoms. The Morgan fingerprint density at radius 2 is 1.76 bits per heavy atom. The first kappa shape index (κ1) is 17.2. The fraction of sp³-hybridized carbons (Fsp3) is 0.211. The molecule has 2 heterocycles. The van der Waals surface area contributed by atoms with Gasteiger partial charge in [0.2, 0.25) is 5.95 Å². The Bertz CT molecular complexity index is 857. The Kier molecular flexibility index (Phi) is 5.14. The van der Waals surface area contributed by atoms with E-state index in [1.807, 2.05) is 45.0 Å². The lowest BCUT2D eigenvalue weighted by atomic mass is 10.1. The third-order valence-corrected chi connectivity index (χ3v) is 4.04. The van der Waals surface area contributed by atoms with Crippen LogP contribution in [0.1, 0.15) is 22.4 Å². The topological polar surface area (TPSA) is 62.7 Å². The van der Waals surface area contributed by atoms with E-state index in [0.29, 0.717) is 23.3 Å². The van der Waals surface area contributed by atoms with E-state index in [2.05, 4.69) is 31.7 Å². The van der Waals surface area contributed by atoms with Crippen LogP contribution in [0.15, 0.2) is 42.7 Å². The molecule has 0 aliphatic carbocycles. The molecule has 0 saturated heterocycles. The minimum absolute atomic E-state index is 0.570. The minimum atomic E-state index is 0.570. The highest BCUT2D eigenvalue weighted by Crippen LogP contribution is 2.30. The summed E-state index contributed by atoms with van der Waals surface area (Å²) in [6.45, 7) is 6.63. The van der Waals surface area contributed by atoms with Crippen LogP contribution >= 0.6 is 11.6 Å². The SMILES string of the molecule is Cc1cc(C)c(Nc2cc(C)nc(NCc3ccncc3)n2)c(Cl)c1. The minimum Gasteiger partial charge on any atom is -0.350 e. The van der Waals surface area contributed by atoms with Crippen molar-refractivity contribution < 1.29 is 0 Å². The van der Waals surface area contributed by atoms with Gasteiger partial charge in [-0.25, -0.2) is 4.98 Å². The number of pyridine rings is 1. The van der Waals surface area contributed by atoms with Crippen molar-refractivity contribution in [3.63, 3.8) is 0 Å². The van der Waals surface area contributed by atoms with Crippen LogP contribution in [-0.4, -0.2) is 15.0 Å². The molecule has 3 rings (SSSR count). The van der Waals surface area contributed by atoms with Crippen molar-refractivity contribution in [3.8, 4) is 0 Å². The molecule has 0 fully saturated rings. The largest absolute Gasteiger partial charge is 0.350 e. The van der Waals surface area contributed by atoms with E-state index in [1.54, 1.807) is 12.4 Å². The van der Waals surface area contributed by atoms with Crippen LogP contribution in [-0.2, 0) is 6.54 Å².